The summed E-state index contributed by atoms with van der Waals surface area (Å²) in [6.45, 7) is 0. The van der Waals surface area contributed by atoms with Gasteiger partial charge in [-0.25, -0.2) is 8.42 Å². The highest BCUT2D eigenvalue weighted by atomic mass is 32.2. The van der Waals surface area contributed by atoms with Gasteiger partial charge in [-0.1, -0.05) is 0 Å². The Bertz CT molecular complexity index is 269. The van der Waals surface area contributed by atoms with Crippen LogP contribution in [0.4, 0.5) is 0 Å². The van der Waals surface area contributed by atoms with Crippen molar-refractivity contribution in [3.8, 4) is 12.3 Å². The van der Waals surface area contributed by atoms with Crippen molar-refractivity contribution in [2.75, 3.05) is 12.0 Å². The van der Waals surface area contributed by atoms with E-state index in [0.717, 1.165) is 6.26 Å². The first kappa shape index (κ1) is 10.2. The SMILES string of the molecule is C#CCCC(=O)CS(C)(=O)=O. The summed E-state index contributed by atoms with van der Waals surface area (Å²) in [7, 11) is -3.17. The average molecular weight is 174 g/mol. The minimum absolute atomic E-state index is 0.156. The van der Waals surface area contributed by atoms with Crippen LogP contribution < -0.4 is 0 Å². The van der Waals surface area contributed by atoms with Crippen LogP contribution in [0.3, 0.4) is 0 Å². The van der Waals surface area contributed by atoms with Crippen molar-refractivity contribution >= 4 is 15.6 Å². The van der Waals surface area contributed by atoms with Gasteiger partial charge in [-0.05, 0) is 0 Å². The van der Waals surface area contributed by atoms with E-state index < -0.39 is 15.6 Å². The fourth-order valence-electron chi connectivity index (χ4n) is 0.576. The fourth-order valence-corrected chi connectivity index (χ4v) is 1.31. The van der Waals surface area contributed by atoms with Gasteiger partial charge >= 0.3 is 0 Å². The van der Waals surface area contributed by atoms with E-state index >= 15 is 0 Å². The van der Waals surface area contributed by atoms with Crippen LogP contribution in [0.1, 0.15) is 12.8 Å². The van der Waals surface area contributed by atoms with Crippen LogP contribution in [0.25, 0.3) is 0 Å². The zero-order chi connectivity index (χ0) is 8.91. The first-order valence-corrected chi connectivity index (χ1v) is 5.14. The van der Waals surface area contributed by atoms with E-state index in [4.69, 9.17) is 6.42 Å². The highest BCUT2D eigenvalue weighted by molar-refractivity contribution is 7.91. The maximum absolute atomic E-state index is 10.7. The van der Waals surface area contributed by atoms with Gasteiger partial charge in [0, 0.05) is 19.1 Å². The van der Waals surface area contributed by atoms with Gasteiger partial charge in [0.25, 0.3) is 0 Å². The molecule has 0 rings (SSSR count). The Kier molecular flexibility index (Phi) is 3.83. The van der Waals surface area contributed by atoms with Crippen molar-refractivity contribution in [3.63, 3.8) is 0 Å². The van der Waals surface area contributed by atoms with E-state index in [9.17, 15) is 13.2 Å². The van der Waals surface area contributed by atoms with Crippen LogP contribution in [-0.2, 0) is 14.6 Å². The third kappa shape index (κ3) is 7.07. The summed E-state index contributed by atoms with van der Waals surface area (Å²) in [6.07, 6.45) is 6.39. The van der Waals surface area contributed by atoms with E-state index in [1.54, 1.807) is 0 Å². The third-order valence-corrected chi connectivity index (χ3v) is 1.82. The molecule has 0 aliphatic carbocycles. The summed E-state index contributed by atoms with van der Waals surface area (Å²) in [5.41, 5.74) is 0. The van der Waals surface area contributed by atoms with Crippen LogP contribution >= 0.6 is 0 Å². The molecular formula is C7H10O3S. The van der Waals surface area contributed by atoms with Crippen LogP contribution in [0.5, 0.6) is 0 Å². The van der Waals surface area contributed by atoms with Gasteiger partial charge in [0.05, 0.1) is 0 Å². The monoisotopic (exact) mass is 174 g/mol. The lowest BCUT2D eigenvalue weighted by Gasteiger charge is -1.94. The van der Waals surface area contributed by atoms with Crippen molar-refractivity contribution in [3.05, 3.63) is 0 Å². The molecule has 0 bridgehead atoms. The molecule has 0 atom stereocenters. The molecule has 4 heteroatoms. The maximum atomic E-state index is 10.7. The first-order chi connectivity index (χ1) is 4.95. The number of hydrogen-bond acceptors (Lipinski definition) is 3. The smallest absolute Gasteiger partial charge is 0.154 e. The quantitative estimate of drug-likeness (QED) is 0.564. The van der Waals surface area contributed by atoms with E-state index in [-0.39, 0.29) is 12.2 Å². The predicted molar refractivity (Wildman–Crippen MR) is 42.8 cm³/mol. The Labute approximate surface area is 66.7 Å². The van der Waals surface area contributed by atoms with Gasteiger partial charge in [-0.15, -0.1) is 12.3 Å². The molecule has 0 amide bonds. The molecule has 0 spiro atoms. The molecule has 62 valence electrons. The number of terminal acetylenes is 1. The molecule has 11 heavy (non-hydrogen) atoms. The number of rotatable bonds is 4. The lowest BCUT2D eigenvalue weighted by atomic mass is 10.2. The molecule has 0 aliphatic rings. The second-order valence-corrected chi connectivity index (χ2v) is 4.45. The Morgan fingerprint density at radius 3 is 2.45 bits per heavy atom. The largest absolute Gasteiger partial charge is 0.299 e. The summed E-state index contributed by atoms with van der Waals surface area (Å²) in [6, 6.07) is 0. The van der Waals surface area contributed by atoms with E-state index in [2.05, 4.69) is 5.92 Å². The lowest BCUT2D eigenvalue weighted by Crippen LogP contribution is -2.13. The summed E-state index contributed by atoms with van der Waals surface area (Å²) in [4.78, 5) is 10.7. The molecule has 0 fully saturated rings. The average Bonchev–Trinajstić information content (AvgIpc) is 1.79. The summed E-state index contributed by atoms with van der Waals surface area (Å²) in [5.74, 6) is 1.56. The van der Waals surface area contributed by atoms with Crippen LogP contribution in [0, 0.1) is 12.3 Å². The topological polar surface area (TPSA) is 51.2 Å². The first-order valence-electron chi connectivity index (χ1n) is 3.08. The van der Waals surface area contributed by atoms with Crippen molar-refractivity contribution in [1.29, 1.82) is 0 Å². The molecule has 0 aliphatic heterocycles. The molecule has 3 nitrogen and oxygen atoms in total. The molecular weight excluding hydrogens is 164 g/mol. The van der Waals surface area contributed by atoms with Gasteiger partial charge in [0.2, 0.25) is 0 Å². The van der Waals surface area contributed by atoms with Crippen LogP contribution in [0.2, 0.25) is 0 Å². The highest BCUT2D eigenvalue weighted by Gasteiger charge is 2.09. The maximum Gasteiger partial charge on any atom is 0.154 e. The second-order valence-electron chi connectivity index (χ2n) is 2.31. The third-order valence-electron chi connectivity index (χ3n) is 0.971. The van der Waals surface area contributed by atoms with E-state index in [0.29, 0.717) is 6.42 Å². The second kappa shape index (κ2) is 4.14. The highest BCUT2D eigenvalue weighted by Crippen LogP contribution is 1.92. The molecule has 0 radical (unpaired) electrons. The van der Waals surface area contributed by atoms with Crippen molar-refractivity contribution in [2.45, 2.75) is 12.8 Å². The Morgan fingerprint density at radius 2 is 2.09 bits per heavy atom. The van der Waals surface area contributed by atoms with Crippen LogP contribution in [-0.4, -0.2) is 26.2 Å². The number of hydrogen-bond donors (Lipinski definition) is 0. The number of sulfone groups is 1. The minimum Gasteiger partial charge on any atom is -0.299 e. The Morgan fingerprint density at radius 1 is 1.55 bits per heavy atom. The van der Waals surface area contributed by atoms with Gasteiger partial charge in [0.1, 0.15) is 11.5 Å². The zero-order valence-electron chi connectivity index (χ0n) is 6.33. The minimum atomic E-state index is -3.17. The molecule has 0 aromatic carbocycles. The van der Waals surface area contributed by atoms with Crippen molar-refractivity contribution in [1.82, 2.24) is 0 Å². The van der Waals surface area contributed by atoms with E-state index in [1.165, 1.54) is 0 Å². The molecule has 0 unspecified atom stereocenters. The van der Waals surface area contributed by atoms with Crippen molar-refractivity contribution < 1.29 is 13.2 Å². The molecule has 0 N–H and O–H groups in total. The molecule has 0 saturated heterocycles. The normalized spacial score (nSPS) is 10.5. The molecule has 0 aromatic rings. The lowest BCUT2D eigenvalue weighted by molar-refractivity contribution is -0.116. The van der Waals surface area contributed by atoms with E-state index in [1.807, 2.05) is 0 Å². The van der Waals surface area contributed by atoms with Gasteiger partial charge in [-0.2, -0.15) is 0 Å². The Balaban J connectivity index is 3.83. The number of carbonyl (C=O) groups is 1. The summed E-state index contributed by atoms with van der Waals surface area (Å²) < 4.78 is 21.1. The number of ketones is 1. The van der Waals surface area contributed by atoms with Crippen molar-refractivity contribution in [2.24, 2.45) is 0 Å². The van der Waals surface area contributed by atoms with Gasteiger partial charge in [-0.3, -0.25) is 4.79 Å². The molecule has 0 aromatic heterocycles. The standard InChI is InChI=1S/C7H10O3S/c1-3-4-5-7(8)6-11(2,9)10/h1H,4-6H2,2H3. The fraction of sp³-hybridized carbons (Fsp3) is 0.571. The summed E-state index contributed by atoms with van der Waals surface area (Å²) >= 11 is 0. The molecule has 0 heterocycles. The zero-order valence-corrected chi connectivity index (χ0v) is 7.15. The summed E-state index contributed by atoms with van der Waals surface area (Å²) in [5, 5.41) is 0. The number of Topliss-reactive ketones (excluding diaryl/α,β-unsaturated/α-hetero) is 1. The Hall–Kier alpha value is -0.820. The predicted octanol–water partition coefficient (Wildman–Crippen LogP) is 0.0135. The van der Waals surface area contributed by atoms with Crippen LogP contribution in [0.15, 0.2) is 0 Å². The van der Waals surface area contributed by atoms with Gasteiger partial charge < -0.3 is 0 Å². The molecule has 0 saturated carbocycles. The van der Waals surface area contributed by atoms with Gasteiger partial charge in [0.15, 0.2) is 9.84 Å². The number of carbonyl (C=O) groups excluding carboxylic acids is 1.